The summed E-state index contributed by atoms with van der Waals surface area (Å²) < 4.78 is 5.35. The number of ether oxygens (including phenoxy) is 1. The SMILES string of the molecule is COc1ccc2[nH]c3c(c2c1)CN(C(=O)CC1CCCC1)CC3. The molecule has 0 atom stereocenters. The normalized spacial score (nSPS) is 18.4. The van der Waals surface area contributed by atoms with Crippen molar-refractivity contribution < 1.29 is 9.53 Å². The fourth-order valence-electron chi connectivity index (χ4n) is 4.12. The Labute approximate surface area is 136 Å². The predicted molar refractivity (Wildman–Crippen MR) is 90.5 cm³/mol. The summed E-state index contributed by atoms with van der Waals surface area (Å²) in [5, 5.41) is 1.19. The van der Waals surface area contributed by atoms with Crippen LogP contribution < -0.4 is 4.74 Å². The smallest absolute Gasteiger partial charge is 0.223 e. The zero-order chi connectivity index (χ0) is 15.8. The lowest BCUT2D eigenvalue weighted by Gasteiger charge is -2.28. The third kappa shape index (κ3) is 2.71. The highest BCUT2D eigenvalue weighted by Gasteiger charge is 2.26. The van der Waals surface area contributed by atoms with Crippen LogP contribution in [0, 0.1) is 5.92 Å². The molecule has 2 heterocycles. The van der Waals surface area contributed by atoms with Gasteiger partial charge in [-0.2, -0.15) is 0 Å². The Kier molecular flexibility index (Phi) is 3.76. The number of nitrogens with one attached hydrogen (secondary N) is 1. The van der Waals surface area contributed by atoms with Gasteiger partial charge in [0.25, 0.3) is 0 Å². The molecule has 1 aliphatic carbocycles. The average molecular weight is 312 g/mol. The Bertz CT molecular complexity index is 728. The molecular weight excluding hydrogens is 288 g/mol. The number of hydrogen-bond donors (Lipinski definition) is 1. The summed E-state index contributed by atoms with van der Waals surface area (Å²) in [6.45, 7) is 1.57. The van der Waals surface area contributed by atoms with Crippen molar-refractivity contribution in [1.29, 1.82) is 0 Å². The van der Waals surface area contributed by atoms with Crippen LogP contribution in [0.15, 0.2) is 18.2 Å². The topological polar surface area (TPSA) is 45.3 Å². The zero-order valence-electron chi connectivity index (χ0n) is 13.7. The largest absolute Gasteiger partial charge is 0.497 e. The van der Waals surface area contributed by atoms with Crippen LogP contribution in [0.25, 0.3) is 10.9 Å². The van der Waals surface area contributed by atoms with Crippen LogP contribution in [0.2, 0.25) is 0 Å². The molecule has 122 valence electrons. The van der Waals surface area contributed by atoms with Gasteiger partial charge in [-0.25, -0.2) is 0 Å². The minimum absolute atomic E-state index is 0.333. The van der Waals surface area contributed by atoms with Crippen LogP contribution >= 0.6 is 0 Å². The summed E-state index contributed by atoms with van der Waals surface area (Å²) in [6.07, 6.45) is 6.71. The monoisotopic (exact) mass is 312 g/mol. The third-order valence-electron chi connectivity index (χ3n) is 5.47. The van der Waals surface area contributed by atoms with Gasteiger partial charge in [0.15, 0.2) is 0 Å². The molecule has 1 N–H and O–H groups in total. The summed E-state index contributed by atoms with van der Waals surface area (Å²) in [6, 6.07) is 6.13. The Balaban J connectivity index is 1.56. The number of benzene rings is 1. The predicted octanol–water partition coefficient (Wildman–Crippen LogP) is 3.64. The van der Waals surface area contributed by atoms with Gasteiger partial charge in [0, 0.05) is 48.1 Å². The number of carbonyl (C=O) groups is 1. The first-order valence-corrected chi connectivity index (χ1v) is 8.70. The zero-order valence-corrected chi connectivity index (χ0v) is 13.7. The molecule has 0 radical (unpaired) electrons. The quantitative estimate of drug-likeness (QED) is 0.940. The summed E-state index contributed by atoms with van der Waals surface area (Å²) in [5.41, 5.74) is 3.68. The van der Waals surface area contributed by atoms with E-state index in [9.17, 15) is 4.79 Å². The van der Waals surface area contributed by atoms with Crippen molar-refractivity contribution in [3.63, 3.8) is 0 Å². The molecule has 0 spiro atoms. The molecule has 1 fully saturated rings. The van der Waals surface area contributed by atoms with E-state index in [1.165, 1.54) is 42.3 Å². The summed E-state index contributed by atoms with van der Waals surface area (Å²) >= 11 is 0. The van der Waals surface area contributed by atoms with Crippen molar-refractivity contribution in [2.45, 2.75) is 45.1 Å². The Morgan fingerprint density at radius 1 is 1.35 bits per heavy atom. The molecule has 23 heavy (non-hydrogen) atoms. The maximum atomic E-state index is 12.6. The number of amides is 1. The van der Waals surface area contributed by atoms with Crippen LogP contribution in [0.1, 0.15) is 43.4 Å². The highest BCUT2D eigenvalue weighted by Crippen LogP contribution is 2.32. The van der Waals surface area contributed by atoms with Crippen molar-refractivity contribution in [3.05, 3.63) is 29.5 Å². The Morgan fingerprint density at radius 3 is 2.96 bits per heavy atom. The lowest BCUT2D eigenvalue weighted by atomic mass is 10.0. The first kappa shape index (κ1) is 14.6. The number of fused-ring (bicyclic) bond motifs is 3. The second-order valence-electron chi connectivity index (χ2n) is 6.91. The molecule has 0 unspecified atom stereocenters. The molecule has 1 aromatic heterocycles. The van der Waals surface area contributed by atoms with E-state index in [0.29, 0.717) is 11.8 Å². The molecule has 1 aromatic carbocycles. The molecule has 1 saturated carbocycles. The molecule has 0 bridgehead atoms. The van der Waals surface area contributed by atoms with Gasteiger partial charge in [-0.05, 0) is 37.0 Å². The molecular formula is C19H24N2O2. The van der Waals surface area contributed by atoms with Crippen molar-refractivity contribution in [3.8, 4) is 5.75 Å². The Morgan fingerprint density at radius 2 is 2.17 bits per heavy atom. The second kappa shape index (κ2) is 5.91. The molecule has 0 saturated heterocycles. The van der Waals surface area contributed by atoms with Crippen LogP contribution in [0.3, 0.4) is 0 Å². The number of rotatable bonds is 3. The molecule has 2 aliphatic rings. The fraction of sp³-hybridized carbons (Fsp3) is 0.526. The number of H-pyrrole nitrogens is 1. The average Bonchev–Trinajstić information content (AvgIpc) is 3.20. The van der Waals surface area contributed by atoms with Crippen molar-refractivity contribution in [1.82, 2.24) is 9.88 Å². The third-order valence-corrected chi connectivity index (χ3v) is 5.47. The van der Waals surface area contributed by atoms with Gasteiger partial charge in [-0.3, -0.25) is 4.79 Å². The number of methoxy groups -OCH3 is 1. The first-order valence-electron chi connectivity index (χ1n) is 8.70. The van der Waals surface area contributed by atoms with Gasteiger partial charge in [-0.1, -0.05) is 12.8 Å². The lowest BCUT2D eigenvalue weighted by molar-refractivity contribution is -0.133. The minimum atomic E-state index is 0.333. The van der Waals surface area contributed by atoms with Gasteiger partial charge in [0.1, 0.15) is 5.75 Å². The summed E-state index contributed by atoms with van der Waals surface area (Å²) in [7, 11) is 1.69. The van der Waals surface area contributed by atoms with Gasteiger partial charge in [0.05, 0.1) is 7.11 Å². The van der Waals surface area contributed by atoms with Crippen LogP contribution in [-0.2, 0) is 17.8 Å². The highest BCUT2D eigenvalue weighted by molar-refractivity contribution is 5.87. The van der Waals surface area contributed by atoms with E-state index in [1.807, 2.05) is 11.0 Å². The van der Waals surface area contributed by atoms with Crippen LogP contribution in [-0.4, -0.2) is 29.4 Å². The van der Waals surface area contributed by atoms with Crippen molar-refractivity contribution in [2.75, 3.05) is 13.7 Å². The molecule has 4 nitrogen and oxygen atoms in total. The molecule has 2 aromatic rings. The second-order valence-corrected chi connectivity index (χ2v) is 6.91. The van der Waals surface area contributed by atoms with E-state index >= 15 is 0 Å². The van der Waals surface area contributed by atoms with E-state index in [4.69, 9.17) is 4.74 Å². The Hall–Kier alpha value is -1.97. The summed E-state index contributed by atoms with van der Waals surface area (Å²) in [4.78, 5) is 18.2. The molecule has 1 amide bonds. The maximum absolute atomic E-state index is 12.6. The maximum Gasteiger partial charge on any atom is 0.223 e. The van der Waals surface area contributed by atoms with Crippen molar-refractivity contribution >= 4 is 16.8 Å². The number of nitrogens with zero attached hydrogens (tertiary/aromatic N) is 1. The van der Waals surface area contributed by atoms with E-state index in [0.717, 1.165) is 37.2 Å². The molecule has 4 rings (SSSR count). The highest BCUT2D eigenvalue weighted by atomic mass is 16.5. The lowest BCUT2D eigenvalue weighted by Crippen LogP contribution is -2.36. The fourth-order valence-corrected chi connectivity index (χ4v) is 4.12. The van der Waals surface area contributed by atoms with Crippen molar-refractivity contribution in [2.24, 2.45) is 5.92 Å². The van der Waals surface area contributed by atoms with Gasteiger partial charge < -0.3 is 14.6 Å². The van der Waals surface area contributed by atoms with E-state index in [-0.39, 0.29) is 0 Å². The van der Waals surface area contributed by atoms with Crippen LogP contribution in [0.5, 0.6) is 5.75 Å². The van der Waals surface area contributed by atoms with Crippen LogP contribution in [0.4, 0.5) is 0 Å². The van der Waals surface area contributed by atoms with E-state index in [1.54, 1.807) is 7.11 Å². The number of aromatic nitrogens is 1. The number of aromatic amines is 1. The van der Waals surface area contributed by atoms with E-state index in [2.05, 4.69) is 17.1 Å². The molecule has 4 heteroatoms. The minimum Gasteiger partial charge on any atom is -0.497 e. The number of hydrogen-bond acceptors (Lipinski definition) is 2. The van der Waals surface area contributed by atoms with Gasteiger partial charge in [0.2, 0.25) is 5.91 Å². The molecule has 1 aliphatic heterocycles. The number of carbonyl (C=O) groups excluding carboxylic acids is 1. The first-order chi connectivity index (χ1) is 11.2. The van der Waals surface area contributed by atoms with Gasteiger partial charge >= 0.3 is 0 Å². The van der Waals surface area contributed by atoms with Gasteiger partial charge in [-0.15, -0.1) is 0 Å². The standard InChI is InChI=1S/C19H24N2O2/c1-23-14-6-7-17-15(11-14)16-12-21(9-8-18(16)20-17)19(22)10-13-4-2-3-5-13/h6-7,11,13,20H,2-5,8-10,12H2,1H3. The summed E-state index contributed by atoms with van der Waals surface area (Å²) in [5.74, 6) is 1.82. The van der Waals surface area contributed by atoms with E-state index < -0.39 is 0 Å².